The zero-order chi connectivity index (χ0) is 22.8. The summed E-state index contributed by atoms with van der Waals surface area (Å²) in [6.07, 6.45) is 2.06. The molecule has 1 N–H and O–H groups in total. The van der Waals surface area contributed by atoms with E-state index in [0.29, 0.717) is 22.7 Å². The zero-order valence-electron chi connectivity index (χ0n) is 19.7. The molecule has 0 unspecified atom stereocenters. The van der Waals surface area contributed by atoms with Crippen LogP contribution in [0, 0.1) is 5.92 Å². The van der Waals surface area contributed by atoms with Gasteiger partial charge in [0.2, 0.25) is 0 Å². The first-order valence-electron chi connectivity index (χ1n) is 11.1. The van der Waals surface area contributed by atoms with Crippen molar-refractivity contribution in [2.45, 2.75) is 46.0 Å². The number of amides is 2. The highest BCUT2D eigenvalue weighted by molar-refractivity contribution is 6.06. The summed E-state index contributed by atoms with van der Waals surface area (Å²) in [5, 5.41) is 2.96. The van der Waals surface area contributed by atoms with Gasteiger partial charge in [0.1, 0.15) is 0 Å². The van der Waals surface area contributed by atoms with Crippen LogP contribution in [0.5, 0.6) is 0 Å². The molecular formula is C26H35N3O2. The maximum atomic E-state index is 13.3. The van der Waals surface area contributed by atoms with Crippen LogP contribution in [0.2, 0.25) is 0 Å². The molecule has 2 amide bonds. The van der Waals surface area contributed by atoms with Crippen LogP contribution in [-0.2, 0) is 5.41 Å². The lowest BCUT2D eigenvalue weighted by Crippen LogP contribution is -2.38. The van der Waals surface area contributed by atoms with Gasteiger partial charge in [0, 0.05) is 44.1 Å². The van der Waals surface area contributed by atoms with E-state index in [0.717, 1.165) is 31.6 Å². The molecule has 5 heteroatoms. The third-order valence-electron chi connectivity index (χ3n) is 6.05. The number of rotatable bonds is 4. The van der Waals surface area contributed by atoms with Crippen LogP contribution in [0.25, 0.3) is 0 Å². The van der Waals surface area contributed by atoms with Gasteiger partial charge < -0.3 is 15.1 Å². The maximum Gasteiger partial charge on any atom is 0.256 e. The normalized spacial score (nSPS) is 15.0. The van der Waals surface area contributed by atoms with Crippen molar-refractivity contribution in [1.29, 1.82) is 0 Å². The van der Waals surface area contributed by atoms with Gasteiger partial charge in [-0.3, -0.25) is 9.59 Å². The van der Waals surface area contributed by atoms with E-state index in [9.17, 15) is 9.59 Å². The van der Waals surface area contributed by atoms with E-state index in [1.54, 1.807) is 6.07 Å². The van der Waals surface area contributed by atoms with Crippen molar-refractivity contribution in [3.05, 3.63) is 59.2 Å². The van der Waals surface area contributed by atoms with Gasteiger partial charge in [-0.05, 0) is 60.1 Å². The van der Waals surface area contributed by atoms with Gasteiger partial charge in [0.05, 0.1) is 5.56 Å². The Morgan fingerprint density at radius 3 is 2.16 bits per heavy atom. The Balaban J connectivity index is 1.81. The molecule has 2 aromatic rings. The minimum absolute atomic E-state index is 0.0289. The molecule has 0 spiro atoms. The van der Waals surface area contributed by atoms with Gasteiger partial charge >= 0.3 is 0 Å². The van der Waals surface area contributed by atoms with Crippen molar-refractivity contribution in [1.82, 2.24) is 4.90 Å². The minimum atomic E-state index is -0.178. The number of hydrogen-bond donors (Lipinski definition) is 1. The average Bonchev–Trinajstić information content (AvgIpc) is 2.73. The largest absolute Gasteiger partial charge is 0.377 e. The average molecular weight is 422 g/mol. The number of likely N-dealkylation sites (tertiary alicyclic amines) is 1. The predicted molar refractivity (Wildman–Crippen MR) is 128 cm³/mol. The summed E-state index contributed by atoms with van der Waals surface area (Å²) in [4.78, 5) is 29.9. The second-order valence-electron chi connectivity index (χ2n) is 9.88. The Kier molecular flexibility index (Phi) is 6.73. The fourth-order valence-corrected chi connectivity index (χ4v) is 3.88. The van der Waals surface area contributed by atoms with Crippen molar-refractivity contribution < 1.29 is 9.59 Å². The van der Waals surface area contributed by atoms with Crippen LogP contribution in [-0.4, -0.2) is 43.9 Å². The van der Waals surface area contributed by atoms with Crippen molar-refractivity contribution in [3.63, 3.8) is 0 Å². The van der Waals surface area contributed by atoms with E-state index >= 15 is 0 Å². The zero-order valence-corrected chi connectivity index (χ0v) is 19.7. The number of carbonyl (C=O) groups excluding carboxylic acids is 2. The molecule has 166 valence electrons. The molecule has 0 radical (unpaired) electrons. The molecule has 0 bridgehead atoms. The summed E-state index contributed by atoms with van der Waals surface area (Å²) in [7, 11) is 3.86. The number of hydrogen-bond acceptors (Lipinski definition) is 3. The van der Waals surface area contributed by atoms with E-state index in [1.165, 1.54) is 5.56 Å². The lowest BCUT2D eigenvalue weighted by atomic mass is 9.87. The Hall–Kier alpha value is -2.82. The third kappa shape index (κ3) is 5.46. The molecular weight excluding hydrogens is 386 g/mol. The molecule has 0 aromatic heterocycles. The quantitative estimate of drug-likeness (QED) is 0.741. The smallest absolute Gasteiger partial charge is 0.256 e. The summed E-state index contributed by atoms with van der Waals surface area (Å²) in [6, 6.07) is 13.3. The Bertz CT molecular complexity index is 934. The predicted octanol–water partition coefficient (Wildman–Crippen LogP) is 5.17. The number of piperidine rings is 1. The van der Waals surface area contributed by atoms with Crippen LogP contribution < -0.4 is 10.2 Å². The molecule has 1 fully saturated rings. The molecule has 1 aliphatic heterocycles. The van der Waals surface area contributed by atoms with Crippen molar-refractivity contribution in [3.8, 4) is 0 Å². The van der Waals surface area contributed by atoms with Crippen molar-refractivity contribution >= 4 is 23.2 Å². The van der Waals surface area contributed by atoms with Gasteiger partial charge in [-0.25, -0.2) is 0 Å². The minimum Gasteiger partial charge on any atom is -0.377 e. The number of benzene rings is 2. The number of nitrogens with zero attached hydrogens (tertiary/aromatic N) is 2. The number of nitrogens with one attached hydrogen (secondary N) is 1. The van der Waals surface area contributed by atoms with Gasteiger partial charge in [-0.2, -0.15) is 0 Å². The first-order chi connectivity index (χ1) is 14.6. The van der Waals surface area contributed by atoms with Crippen molar-refractivity contribution in [2.24, 2.45) is 5.92 Å². The highest BCUT2D eigenvalue weighted by Gasteiger charge is 2.24. The van der Waals surface area contributed by atoms with Crippen LogP contribution in [0.15, 0.2) is 42.5 Å². The summed E-state index contributed by atoms with van der Waals surface area (Å²) >= 11 is 0. The van der Waals surface area contributed by atoms with Crippen LogP contribution in [0.3, 0.4) is 0 Å². The van der Waals surface area contributed by atoms with E-state index in [4.69, 9.17) is 0 Å². The Morgan fingerprint density at radius 1 is 1.00 bits per heavy atom. The Labute approximate surface area is 186 Å². The molecule has 2 aromatic carbocycles. The molecule has 0 aliphatic carbocycles. The molecule has 5 nitrogen and oxygen atoms in total. The topological polar surface area (TPSA) is 52.7 Å². The first kappa shape index (κ1) is 22.9. The summed E-state index contributed by atoms with van der Waals surface area (Å²) in [5.41, 5.74) is 3.94. The maximum absolute atomic E-state index is 13.3. The lowest BCUT2D eigenvalue weighted by molar-refractivity contribution is 0.0697. The highest BCUT2D eigenvalue weighted by Crippen LogP contribution is 2.27. The van der Waals surface area contributed by atoms with Crippen molar-refractivity contribution in [2.75, 3.05) is 37.4 Å². The third-order valence-corrected chi connectivity index (χ3v) is 6.05. The molecule has 0 atom stereocenters. The number of carbonyl (C=O) groups is 2. The van der Waals surface area contributed by atoms with Crippen LogP contribution >= 0.6 is 0 Å². The van der Waals surface area contributed by atoms with Gasteiger partial charge in [-0.15, -0.1) is 0 Å². The van der Waals surface area contributed by atoms with E-state index in [1.807, 2.05) is 60.3 Å². The van der Waals surface area contributed by atoms with Gasteiger partial charge in [0.15, 0.2) is 0 Å². The van der Waals surface area contributed by atoms with Gasteiger partial charge in [-0.1, -0.05) is 39.8 Å². The summed E-state index contributed by atoms with van der Waals surface area (Å²) in [6.45, 7) is 10.2. The number of anilines is 2. The van der Waals surface area contributed by atoms with Crippen LogP contribution in [0.1, 0.15) is 66.8 Å². The standard InChI is InChI=1S/C26H35N3O2/c1-18-13-15-29(16-14-18)25(31)22-17-21(11-12-23(22)28(5)6)27-24(30)19-7-9-20(10-8-19)26(2,3)4/h7-12,17-18H,13-16H2,1-6H3,(H,27,30). The molecule has 1 aliphatic rings. The van der Waals surface area contributed by atoms with E-state index in [-0.39, 0.29) is 17.2 Å². The SMILES string of the molecule is CC1CCN(C(=O)c2cc(NC(=O)c3ccc(C(C)(C)C)cc3)ccc2N(C)C)CC1. The van der Waals surface area contributed by atoms with Gasteiger partial charge in [0.25, 0.3) is 11.8 Å². The second-order valence-corrected chi connectivity index (χ2v) is 9.88. The lowest BCUT2D eigenvalue weighted by Gasteiger charge is -2.31. The van der Waals surface area contributed by atoms with Crippen LogP contribution in [0.4, 0.5) is 11.4 Å². The molecule has 31 heavy (non-hydrogen) atoms. The molecule has 1 saturated heterocycles. The fraction of sp³-hybridized carbons (Fsp3) is 0.462. The molecule has 0 saturated carbocycles. The summed E-state index contributed by atoms with van der Waals surface area (Å²) in [5.74, 6) is 0.511. The van der Waals surface area contributed by atoms with E-state index < -0.39 is 0 Å². The van der Waals surface area contributed by atoms with E-state index in [2.05, 4.69) is 33.0 Å². The molecule has 1 heterocycles. The Morgan fingerprint density at radius 2 is 1.61 bits per heavy atom. The second kappa shape index (κ2) is 9.13. The summed E-state index contributed by atoms with van der Waals surface area (Å²) < 4.78 is 0. The fourth-order valence-electron chi connectivity index (χ4n) is 3.88. The first-order valence-corrected chi connectivity index (χ1v) is 11.1. The molecule has 3 rings (SSSR count). The highest BCUT2D eigenvalue weighted by atomic mass is 16.2. The monoisotopic (exact) mass is 421 g/mol.